The topological polar surface area (TPSA) is 67.6 Å². The Morgan fingerprint density at radius 3 is 2.81 bits per heavy atom. The second-order valence-corrected chi connectivity index (χ2v) is 4.77. The van der Waals surface area contributed by atoms with Crippen LogP contribution in [0.3, 0.4) is 0 Å². The molecule has 3 heterocycles. The summed E-state index contributed by atoms with van der Waals surface area (Å²) in [6.07, 6.45) is 3.18. The second-order valence-electron chi connectivity index (χ2n) is 4.77. The highest BCUT2D eigenvalue weighted by molar-refractivity contribution is 5.93. The third kappa shape index (κ3) is 3.41. The van der Waals surface area contributed by atoms with Crippen molar-refractivity contribution in [2.24, 2.45) is 0 Å². The minimum atomic E-state index is -0.160. The Balaban J connectivity index is 1.59. The average Bonchev–Trinajstić information content (AvgIpc) is 3.07. The molecule has 1 aliphatic rings. The third-order valence-electron chi connectivity index (χ3n) is 3.35. The van der Waals surface area contributed by atoms with E-state index in [-0.39, 0.29) is 5.91 Å². The summed E-state index contributed by atoms with van der Waals surface area (Å²) < 4.78 is 10.5. The highest BCUT2D eigenvalue weighted by atomic mass is 16.5. The third-order valence-corrected chi connectivity index (χ3v) is 3.35. The van der Waals surface area contributed by atoms with Crippen molar-refractivity contribution in [2.45, 2.75) is 6.54 Å². The Morgan fingerprint density at radius 2 is 2.14 bits per heavy atom. The van der Waals surface area contributed by atoms with Gasteiger partial charge < -0.3 is 19.4 Å². The van der Waals surface area contributed by atoms with Crippen LogP contribution in [0.15, 0.2) is 41.1 Å². The van der Waals surface area contributed by atoms with Gasteiger partial charge in [0.2, 0.25) is 0 Å². The predicted molar refractivity (Wildman–Crippen MR) is 77.1 cm³/mol. The summed E-state index contributed by atoms with van der Waals surface area (Å²) in [6.45, 7) is 3.46. The molecule has 3 rings (SSSR count). The Bertz CT molecular complexity index is 575. The first-order chi connectivity index (χ1) is 10.3. The maximum Gasteiger partial charge on any atom is 0.253 e. The summed E-state index contributed by atoms with van der Waals surface area (Å²) in [5.74, 6) is 1.44. The van der Waals surface area contributed by atoms with Gasteiger partial charge in [-0.3, -0.25) is 4.79 Å². The Labute approximate surface area is 122 Å². The predicted octanol–water partition coefficient (Wildman–Crippen LogP) is 1.44. The molecule has 0 atom stereocenters. The van der Waals surface area contributed by atoms with Crippen LogP contribution in [0.2, 0.25) is 0 Å². The van der Waals surface area contributed by atoms with Crippen molar-refractivity contribution in [3.63, 3.8) is 0 Å². The van der Waals surface area contributed by atoms with Crippen LogP contribution in [-0.2, 0) is 11.3 Å². The molecule has 110 valence electrons. The van der Waals surface area contributed by atoms with E-state index in [1.165, 1.54) is 0 Å². The summed E-state index contributed by atoms with van der Waals surface area (Å²) in [7, 11) is 0. The van der Waals surface area contributed by atoms with Gasteiger partial charge in [0, 0.05) is 19.3 Å². The number of nitrogens with zero attached hydrogens (tertiary/aromatic N) is 2. The van der Waals surface area contributed by atoms with Crippen molar-refractivity contribution in [3.8, 4) is 0 Å². The number of hydrogen-bond acceptors (Lipinski definition) is 5. The molecule has 0 aromatic carbocycles. The van der Waals surface area contributed by atoms with Gasteiger partial charge >= 0.3 is 0 Å². The number of furan rings is 1. The van der Waals surface area contributed by atoms with Gasteiger partial charge in [-0.15, -0.1) is 0 Å². The first-order valence-corrected chi connectivity index (χ1v) is 6.92. The molecule has 6 nitrogen and oxygen atoms in total. The number of nitrogens with one attached hydrogen (secondary N) is 1. The number of hydrogen-bond donors (Lipinski definition) is 1. The van der Waals surface area contributed by atoms with E-state index in [1.54, 1.807) is 24.6 Å². The van der Waals surface area contributed by atoms with E-state index in [9.17, 15) is 4.79 Å². The van der Waals surface area contributed by atoms with E-state index < -0.39 is 0 Å². The van der Waals surface area contributed by atoms with E-state index in [1.807, 2.05) is 12.1 Å². The number of amides is 1. The van der Waals surface area contributed by atoms with Crippen LogP contribution in [0, 0.1) is 0 Å². The fourth-order valence-corrected chi connectivity index (χ4v) is 2.18. The summed E-state index contributed by atoms with van der Waals surface area (Å²) >= 11 is 0. The van der Waals surface area contributed by atoms with Gasteiger partial charge in [0.1, 0.15) is 11.6 Å². The van der Waals surface area contributed by atoms with E-state index in [0.717, 1.165) is 24.7 Å². The van der Waals surface area contributed by atoms with Gasteiger partial charge in [0.05, 0.1) is 31.6 Å². The molecule has 2 aromatic rings. The fourth-order valence-electron chi connectivity index (χ4n) is 2.18. The van der Waals surface area contributed by atoms with Crippen LogP contribution in [-0.4, -0.2) is 37.2 Å². The summed E-state index contributed by atoms with van der Waals surface area (Å²) in [4.78, 5) is 18.5. The lowest BCUT2D eigenvalue weighted by atomic mass is 10.2. The standard InChI is InChI=1S/C15H17N3O3/c19-15(17-11-13-2-1-7-21-13)12-3-4-14(16-10-12)18-5-8-20-9-6-18/h1-4,7,10H,5-6,8-9,11H2,(H,17,19). The Morgan fingerprint density at radius 1 is 1.29 bits per heavy atom. The molecule has 0 radical (unpaired) electrons. The number of ether oxygens (including phenoxy) is 1. The molecule has 0 spiro atoms. The smallest absolute Gasteiger partial charge is 0.253 e. The number of carbonyl (C=O) groups is 1. The van der Waals surface area contributed by atoms with Gasteiger partial charge in [0.25, 0.3) is 5.91 Å². The molecule has 21 heavy (non-hydrogen) atoms. The van der Waals surface area contributed by atoms with Crippen LogP contribution in [0.5, 0.6) is 0 Å². The van der Waals surface area contributed by atoms with Crippen LogP contribution < -0.4 is 10.2 Å². The van der Waals surface area contributed by atoms with Crippen molar-refractivity contribution in [1.29, 1.82) is 0 Å². The van der Waals surface area contributed by atoms with Crippen molar-refractivity contribution < 1.29 is 13.9 Å². The van der Waals surface area contributed by atoms with E-state index in [4.69, 9.17) is 9.15 Å². The van der Waals surface area contributed by atoms with E-state index in [0.29, 0.717) is 25.3 Å². The van der Waals surface area contributed by atoms with Crippen molar-refractivity contribution in [1.82, 2.24) is 10.3 Å². The summed E-state index contributed by atoms with van der Waals surface area (Å²) in [5, 5.41) is 2.79. The first-order valence-electron chi connectivity index (χ1n) is 6.92. The van der Waals surface area contributed by atoms with Gasteiger partial charge in [-0.25, -0.2) is 4.98 Å². The normalized spacial score (nSPS) is 15.0. The maximum atomic E-state index is 12.0. The zero-order valence-electron chi connectivity index (χ0n) is 11.6. The second kappa shape index (κ2) is 6.41. The lowest BCUT2D eigenvalue weighted by Crippen LogP contribution is -2.36. The largest absolute Gasteiger partial charge is 0.467 e. The van der Waals surface area contributed by atoms with Crippen LogP contribution in [0.25, 0.3) is 0 Å². The van der Waals surface area contributed by atoms with Crippen LogP contribution >= 0.6 is 0 Å². The molecular formula is C15H17N3O3. The molecule has 1 aliphatic heterocycles. The molecule has 6 heteroatoms. The van der Waals surface area contributed by atoms with Crippen LogP contribution in [0.4, 0.5) is 5.82 Å². The molecular weight excluding hydrogens is 270 g/mol. The monoisotopic (exact) mass is 287 g/mol. The Kier molecular flexibility index (Phi) is 4.16. The van der Waals surface area contributed by atoms with Gasteiger partial charge in [-0.05, 0) is 24.3 Å². The Hall–Kier alpha value is -2.34. The molecule has 2 aromatic heterocycles. The van der Waals surface area contributed by atoms with Crippen LogP contribution in [0.1, 0.15) is 16.1 Å². The molecule has 1 amide bonds. The van der Waals surface area contributed by atoms with Gasteiger partial charge in [-0.2, -0.15) is 0 Å². The number of carbonyl (C=O) groups excluding carboxylic acids is 1. The average molecular weight is 287 g/mol. The highest BCUT2D eigenvalue weighted by Crippen LogP contribution is 2.13. The SMILES string of the molecule is O=C(NCc1ccco1)c1ccc(N2CCOCC2)nc1. The first kappa shape index (κ1) is 13.6. The van der Waals surface area contributed by atoms with Crippen molar-refractivity contribution in [3.05, 3.63) is 48.0 Å². The molecule has 1 saturated heterocycles. The number of pyridine rings is 1. The van der Waals surface area contributed by atoms with Gasteiger partial charge in [-0.1, -0.05) is 0 Å². The minimum absolute atomic E-state index is 0.160. The molecule has 0 bridgehead atoms. The quantitative estimate of drug-likeness (QED) is 0.921. The molecule has 0 saturated carbocycles. The van der Waals surface area contributed by atoms with Gasteiger partial charge in [0.15, 0.2) is 0 Å². The highest BCUT2D eigenvalue weighted by Gasteiger charge is 2.13. The molecule has 1 fully saturated rings. The lowest BCUT2D eigenvalue weighted by molar-refractivity contribution is 0.0947. The molecule has 0 unspecified atom stereocenters. The number of aromatic nitrogens is 1. The number of rotatable bonds is 4. The van der Waals surface area contributed by atoms with Crippen molar-refractivity contribution >= 4 is 11.7 Å². The van der Waals surface area contributed by atoms with Crippen molar-refractivity contribution in [2.75, 3.05) is 31.2 Å². The molecule has 1 N–H and O–H groups in total. The fraction of sp³-hybridized carbons (Fsp3) is 0.333. The zero-order chi connectivity index (χ0) is 14.5. The lowest BCUT2D eigenvalue weighted by Gasteiger charge is -2.27. The summed E-state index contributed by atoms with van der Waals surface area (Å²) in [5.41, 5.74) is 0.540. The van der Waals surface area contributed by atoms with E-state index >= 15 is 0 Å². The van der Waals surface area contributed by atoms with E-state index in [2.05, 4.69) is 15.2 Å². The number of morpholine rings is 1. The maximum absolute atomic E-state index is 12.0. The number of anilines is 1. The zero-order valence-corrected chi connectivity index (χ0v) is 11.6. The summed E-state index contributed by atoms with van der Waals surface area (Å²) in [6, 6.07) is 7.27. The minimum Gasteiger partial charge on any atom is -0.467 e. The molecule has 0 aliphatic carbocycles.